The van der Waals surface area contributed by atoms with Crippen LogP contribution < -0.4 is 4.72 Å². The fraction of sp³-hybridized carbons (Fsp3) is 0.667. The van der Waals surface area contributed by atoms with E-state index in [0.29, 0.717) is 10.9 Å². The Kier molecular flexibility index (Phi) is 5.32. The second kappa shape index (κ2) is 6.89. The van der Waals surface area contributed by atoms with Gasteiger partial charge in [-0.25, -0.2) is 14.2 Å². The molecule has 1 amide bonds. The molecule has 130 valence electrons. The molecular weight excluding hydrogens is 340 g/mol. The van der Waals surface area contributed by atoms with Crippen molar-refractivity contribution in [1.29, 1.82) is 0 Å². The molecule has 1 aliphatic rings. The number of nitrogens with zero attached hydrogens (tertiary/aromatic N) is 3. The second-order valence-electron chi connectivity index (χ2n) is 6.38. The summed E-state index contributed by atoms with van der Waals surface area (Å²) in [6.45, 7) is 7.74. The third kappa shape index (κ3) is 5.22. The van der Waals surface area contributed by atoms with Crippen LogP contribution in [0.15, 0.2) is 12.3 Å². The van der Waals surface area contributed by atoms with Gasteiger partial charge in [0.2, 0.25) is 0 Å². The standard InChI is InChI=1S/C12H22N4O5SSi/c1-23(2,3)9-8-20-10-15-5-4-11(13-15)14-22(18,19)16-6-7-21-12(16)17/h4-5H,6-10H2,1-3H3,(H,13,14). The van der Waals surface area contributed by atoms with Crippen molar-refractivity contribution in [2.75, 3.05) is 24.5 Å². The predicted molar refractivity (Wildman–Crippen MR) is 86.9 cm³/mol. The minimum Gasteiger partial charge on any atom is -0.447 e. The molecule has 0 bridgehead atoms. The van der Waals surface area contributed by atoms with Crippen molar-refractivity contribution < 1.29 is 22.7 Å². The van der Waals surface area contributed by atoms with Crippen LogP contribution in [0.3, 0.4) is 0 Å². The molecule has 0 aromatic carbocycles. The second-order valence-corrected chi connectivity index (χ2v) is 13.6. The lowest BCUT2D eigenvalue weighted by molar-refractivity contribution is 0.0788. The van der Waals surface area contributed by atoms with E-state index in [9.17, 15) is 13.2 Å². The number of hydrogen-bond acceptors (Lipinski definition) is 6. The molecule has 0 atom stereocenters. The van der Waals surface area contributed by atoms with Gasteiger partial charge < -0.3 is 9.47 Å². The molecule has 11 heteroatoms. The van der Waals surface area contributed by atoms with Crippen LogP contribution >= 0.6 is 0 Å². The summed E-state index contributed by atoms with van der Waals surface area (Å²) in [5.74, 6) is 0.124. The molecule has 0 spiro atoms. The van der Waals surface area contributed by atoms with E-state index in [1.807, 2.05) is 0 Å². The van der Waals surface area contributed by atoms with Crippen LogP contribution in [0.4, 0.5) is 10.6 Å². The topological polar surface area (TPSA) is 103 Å². The number of carbonyl (C=O) groups excluding carboxylic acids is 1. The van der Waals surface area contributed by atoms with Crippen molar-refractivity contribution in [3.8, 4) is 0 Å². The van der Waals surface area contributed by atoms with Crippen molar-refractivity contribution in [1.82, 2.24) is 14.1 Å². The Labute approximate surface area is 136 Å². The summed E-state index contributed by atoms with van der Waals surface area (Å²) in [6.07, 6.45) is 0.723. The van der Waals surface area contributed by atoms with E-state index >= 15 is 0 Å². The molecule has 23 heavy (non-hydrogen) atoms. The van der Waals surface area contributed by atoms with Gasteiger partial charge in [-0.2, -0.15) is 17.8 Å². The highest BCUT2D eigenvalue weighted by molar-refractivity contribution is 7.90. The van der Waals surface area contributed by atoms with Gasteiger partial charge in [-0.05, 0) is 6.04 Å². The van der Waals surface area contributed by atoms with E-state index in [4.69, 9.17) is 4.74 Å². The maximum atomic E-state index is 12.0. The lowest BCUT2D eigenvalue weighted by Crippen LogP contribution is -2.36. The zero-order valence-corrected chi connectivity index (χ0v) is 15.3. The number of rotatable bonds is 8. The van der Waals surface area contributed by atoms with Crippen molar-refractivity contribution >= 4 is 30.2 Å². The van der Waals surface area contributed by atoms with Crippen LogP contribution in [-0.4, -0.2) is 56.4 Å². The van der Waals surface area contributed by atoms with Gasteiger partial charge in [0.25, 0.3) is 0 Å². The number of anilines is 1. The van der Waals surface area contributed by atoms with E-state index < -0.39 is 24.4 Å². The van der Waals surface area contributed by atoms with E-state index in [-0.39, 0.29) is 25.7 Å². The third-order valence-electron chi connectivity index (χ3n) is 3.11. The number of hydrogen-bond donors (Lipinski definition) is 1. The first kappa shape index (κ1) is 17.8. The first-order valence-electron chi connectivity index (χ1n) is 7.26. The Balaban J connectivity index is 1.86. The number of cyclic esters (lactones) is 1. The summed E-state index contributed by atoms with van der Waals surface area (Å²) in [4.78, 5) is 11.3. The molecule has 1 aromatic rings. The number of ether oxygens (including phenoxy) is 2. The van der Waals surface area contributed by atoms with Gasteiger partial charge in [-0.3, -0.25) is 0 Å². The molecule has 9 nitrogen and oxygen atoms in total. The van der Waals surface area contributed by atoms with E-state index in [1.165, 1.54) is 10.7 Å². The highest BCUT2D eigenvalue weighted by atomic mass is 32.2. The molecule has 1 saturated heterocycles. The third-order valence-corrected chi connectivity index (χ3v) is 6.19. The van der Waals surface area contributed by atoms with E-state index in [0.717, 1.165) is 6.04 Å². The summed E-state index contributed by atoms with van der Waals surface area (Å²) in [5, 5.41) is 4.06. The summed E-state index contributed by atoms with van der Waals surface area (Å²) in [7, 11) is -5.14. The van der Waals surface area contributed by atoms with Crippen LogP contribution in [0.2, 0.25) is 25.7 Å². The largest absolute Gasteiger partial charge is 0.447 e. The SMILES string of the molecule is C[Si](C)(C)CCOCn1ccc(NS(=O)(=O)N2CCOC2=O)n1. The van der Waals surface area contributed by atoms with E-state index in [1.54, 1.807) is 6.20 Å². The summed E-state index contributed by atoms with van der Waals surface area (Å²) in [6, 6.07) is 2.55. The zero-order valence-electron chi connectivity index (χ0n) is 13.5. The van der Waals surface area contributed by atoms with Gasteiger partial charge in [0.15, 0.2) is 5.82 Å². The molecular formula is C12H22N4O5SSi. The maximum Gasteiger partial charge on any atom is 0.425 e. The Morgan fingerprint density at radius 1 is 1.43 bits per heavy atom. The van der Waals surface area contributed by atoms with Crippen molar-refractivity contribution in [3.05, 3.63) is 12.3 Å². The van der Waals surface area contributed by atoms with Crippen molar-refractivity contribution in [3.63, 3.8) is 0 Å². The molecule has 1 aliphatic heterocycles. The Bertz CT molecular complexity index is 655. The fourth-order valence-corrected chi connectivity index (χ4v) is 3.61. The Morgan fingerprint density at radius 2 is 2.17 bits per heavy atom. The predicted octanol–water partition coefficient (Wildman–Crippen LogP) is 1.30. The lowest BCUT2D eigenvalue weighted by atomic mass is 10.7. The average molecular weight is 362 g/mol. The smallest absolute Gasteiger partial charge is 0.425 e. The first-order valence-corrected chi connectivity index (χ1v) is 12.4. The Morgan fingerprint density at radius 3 is 2.78 bits per heavy atom. The molecule has 1 N–H and O–H groups in total. The van der Waals surface area contributed by atoms with Crippen LogP contribution in [0.5, 0.6) is 0 Å². The number of aromatic nitrogens is 2. The molecule has 0 saturated carbocycles. The van der Waals surface area contributed by atoms with Gasteiger partial charge in [0.05, 0.1) is 6.54 Å². The van der Waals surface area contributed by atoms with Gasteiger partial charge >= 0.3 is 16.3 Å². The van der Waals surface area contributed by atoms with Crippen LogP contribution in [0, 0.1) is 0 Å². The highest BCUT2D eigenvalue weighted by Gasteiger charge is 2.33. The molecule has 1 fully saturated rings. The molecule has 2 heterocycles. The number of carbonyl (C=O) groups is 1. The number of nitrogens with one attached hydrogen (secondary N) is 1. The van der Waals surface area contributed by atoms with Gasteiger partial charge in [0.1, 0.15) is 13.3 Å². The van der Waals surface area contributed by atoms with E-state index in [2.05, 4.69) is 34.2 Å². The zero-order chi connectivity index (χ0) is 17.1. The average Bonchev–Trinajstić information content (AvgIpc) is 3.02. The Hall–Kier alpha value is -1.59. The summed E-state index contributed by atoms with van der Waals surface area (Å²) >= 11 is 0. The summed E-state index contributed by atoms with van der Waals surface area (Å²) in [5.41, 5.74) is 0. The van der Waals surface area contributed by atoms with Crippen LogP contribution in [0.1, 0.15) is 0 Å². The monoisotopic (exact) mass is 362 g/mol. The van der Waals surface area contributed by atoms with Crippen LogP contribution in [0.25, 0.3) is 0 Å². The summed E-state index contributed by atoms with van der Waals surface area (Å²) < 4.78 is 38.6. The number of amides is 1. The minimum absolute atomic E-state index is 0.00528. The normalized spacial score (nSPS) is 15.8. The first-order chi connectivity index (χ1) is 10.7. The van der Waals surface area contributed by atoms with Crippen LogP contribution in [-0.2, 0) is 26.4 Å². The van der Waals surface area contributed by atoms with Crippen molar-refractivity contribution in [2.24, 2.45) is 0 Å². The molecule has 2 rings (SSSR count). The van der Waals surface area contributed by atoms with Gasteiger partial charge in [-0.1, -0.05) is 19.6 Å². The fourth-order valence-electron chi connectivity index (χ4n) is 1.81. The van der Waals surface area contributed by atoms with Gasteiger partial charge in [0, 0.05) is 26.9 Å². The highest BCUT2D eigenvalue weighted by Crippen LogP contribution is 2.14. The maximum absolute atomic E-state index is 12.0. The molecule has 1 aromatic heterocycles. The van der Waals surface area contributed by atoms with Gasteiger partial charge in [-0.15, -0.1) is 0 Å². The lowest BCUT2D eigenvalue weighted by Gasteiger charge is -2.15. The quantitative estimate of drug-likeness (QED) is 0.552. The van der Waals surface area contributed by atoms with Crippen molar-refractivity contribution in [2.45, 2.75) is 32.4 Å². The molecule has 0 aliphatic carbocycles. The molecule has 0 unspecified atom stereocenters. The minimum atomic E-state index is -4.00. The molecule has 0 radical (unpaired) electrons.